The normalized spacial score (nSPS) is 13.1. The van der Waals surface area contributed by atoms with Crippen LogP contribution in [0.2, 0.25) is 0 Å². The number of esters is 2. The first-order valence-corrected chi connectivity index (χ1v) is 33.7. The van der Waals surface area contributed by atoms with Crippen molar-refractivity contribution >= 4 is 11.9 Å². The Morgan fingerprint density at radius 2 is 0.537 bits per heavy atom. The molecule has 5 nitrogen and oxygen atoms in total. The summed E-state index contributed by atoms with van der Waals surface area (Å²) in [5, 5.41) is 9.69. The van der Waals surface area contributed by atoms with E-state index >= 15 is 0 Å². The molecule has 0 radical (unpaired) electrons. The number of carbonyl (C=O) groups is 2. The van der Waals surface area contributed by atoms with E-state index in [4.69, 9.17) is 9.47 Å². The summed E-state index contributed by atoms with van der Waals surface area (Å²) in [6.07, 6.45) is 103. The molecule has 0 aliphatic rings. The third-order valence-electron chi connectivity index (χ3n) is 14.5. The van der Waals surface area contributed by atoms with Gasteiger partial charge < -0.3 is 14.6 Å². The predicted octanol–water partition coefficient (Wildman–Crippen LogP) is 23.5. The second-order valence-corrected chi connectivity index (χ2v) is 22.2. The molecular formula is C75H126O5. The molecule has 0 saturated carbocycles. The van der Waals surface area contributed by atoms with Crippen molar-refractivity contribution in [1.29, 1.82) is 0 Å². The van der Waals surface area contributed by atoms with E-state index in [2.05, 4.69) is 148 Å². The average molecular weight is 1110 g/mol. The van der Waals surface area contributed by atoms with Gasteiger partial charge in [0.25, 0.3) is 0 Å². The number of hydrogen-bond donors (Lipinski definition) is 1. The minimum absolute atomic E-state index is 0.0841. The third kappa shape index (κ3) is 66.6. The molecule has 0 aliphatic carbocycles. The topological polar surface area (TPSA) is 72.8 Å². The highest BCUT2D eigenvalue weighted by molar-refractivity contribution is 5.70. The molecule has 0 bridgehead atoms. The van der Waals surface area contributed by atoms with Crippen LogP contribution < -0.4 is 0 Å². The first kappa shape index (κ1) is 76.0. The van der Waals surface area contributed by atoms with Gasteiger partial charge in [0, 0.05) is 12.8 Å². The summed E-state index contributed by atoms with van der Waals surface area (Å²) in [4.78, 5) is 24.6. The van der Waals surface area contributed by atoms with Crippen molar-refractivity contribution in [2.75, 3.05) is 13.2 Å². The lowest BCUT2D eigenvalue weighted by Crippen LogP contribution is -2.28. The minimum Gasteiger partial charge on any atom is -0.462 e. The number of rotatable bonds is 61. The summed E-state index contributed by atoms with van der Waals surface area (Å²) in [6.45, 7) is 4.03. The number of unbranched alkanes of at least 4 members (excludes halogenated alkanes) is 31. The number of hydrogen-bond acceptors (Lipinski definition) is 5. The third-order valence-corrected chi connectivity index (χ3v) is 14.5. The van der Waals surface area contributed by atoms with Gasteiger partial charge in [-0.1, -0.05) is 334 Å². The molecule has 0 heterocycles. The maximum Gasteiger partial charge on any atom is 0.306 e. The van der Waals surface area contributed by atoms with Gasteiger partial charge in [0.15, 0.2) is 6.10 Å². The van der Waals surface area contributed by atoms with Crippen molar-refractivity contribution in [3.05, 3.63) is 134 Å². The second-order valence-electron chi connectivity index (χ2n) is 22.2. The summed E-state index contributed by atoms with van der Waals surface area (Å²) >= 11 is 0. The highest BCUT2D eigenvalue weighted by Crippen LogP contribution is 2.17. The molecule has 1 N–H and O–H groups in total. The highest BCUT2D eigenvalue weighted by atomic mass is 16.6. The van der Waals surface area contributed by atoms with E-state index in [1.54, 1.807) is 0 Å². The van der Waals surface area contributed by atoms with Gasteiger partial charge in [0.1, 0.15) is 6.61 Å². The Balaban J connectivity index is 3.58. The van der Waals surface area contributed by atoms with E-state index in [9.17, 15) is 14.7 Å². The van der Waals surface area contributed by atoms with Crippen LogP contribution in [0, 0.1) is 0 Å². The quantitative estimate of drug-likeness (QED) is 0.0373. The smallest absolute Gasteiger partial charge is 0.306 e. The lowest BCUT2D eigenvalue weighted by atomic mass is 10.0. The van der Waals surface area contributed by atoms with E-state index in [0.717, 1.165) is 116 Å². The van der Waals surface area contributed by atoms with Crippen LogP contribution in [0.5, 0.6) is 0 Å². The van der Waals surface area contributed by atoms with Crippen LogP contribution in [0.25, 0.3) is 0 Å². The van der Waals surface area contributed by atoms with Gasteiger partial charge in [-0.15, -0.1) is 0 Å². The molecule has 0 rings (SSSR count). The molecular weight excluding hydrogens is 981 g/mol. The van der Waals surface area contributed by atoms with Gasteiger partial charge in [0.2, 0.25) is 0 Å². The Morgan fingerprint density at radius 1 is 0.300 bits per heavy atom. The number of aliphatic hydroxyl groups is 1. The number of aliphatic hydroxyl groups excluding tert-OH is 1. The summed E-state index contributed by atoms with van der Waals surface area (Å²) in [5.41, 5.74) is 0. The van der Waals surface area contributed by atoms with Crippen molar-refractivity contribution in [2.24, 2.45) is 0 Å². The zero-order valence-corrected chi connectivity index (χ0v) is 52.3. The van der Waals surface area contributed by atoms with E-state index in [-0.39, 0.29) is 25.2 Å². The minimum atomic E-state index is -0.799. The maximum absolute atomic E-state index is 12.3. The van der Waals surface area contributed by atoms with Crippen molar-refractivity contribution < 1.29 is 24.2 Å². The summed E-state index contributed by atoms with van der Waals surface area (Å²) in [5.74, 6) is -0.626. The SMILES string of the molecule is CC/C=C\C/C=C\C/C=C\C/C=C\C/C=C\C/C=C\C/C=C\C/C=C\C/C=C\C/C=C\C/C=C\CCCCCC(=O)OC(CO)COC(=O)CCCCCCCCCCCCCCCCCCCCCCCCCCCCCCC. The molecule has 5 heteroatoms. The molecule has 80 heavy (non-hydrogen) atoms. The van der Waals surface area contributed by atoms with E-state index in [1.165, 1.54) is 167 Å². The van der Waals surface area contributed by atoms with Crippen LogP contribution >= 0.6 is 0 Å². The second kappa shape index (κ2) is 69.3. The fourth-order valence-corrected chi connectivity index (χ4v) is 9.45. The van der Waals surface area contributed by atoms with Crippen molar-refractivity contribution in [1.82, 2.24) is 0 Å². The van der Waals surface area contributed by atoms with E-state index in [1.807, 2.05) is 0 Å². The Kier molecular flexibility index (Phi) is 65.9. The highest BCUT2D eigenvalue weighted by Gasteiger charge is 2.16. The monoisotopic (exact) mass is 1110 g/mol. The lowest BCUT2D eigenvalue weighted by Gasteiger charge is -2.15. The molecule has 1 unspecified atom stereocenters. The molecule has 1 atom stereocenters. The molecule has 0 saturated heterocycles. The molecule has 0 aromatic carbocycles. The van der Waals surface area contributed by atoms with Gasteiger partial charge in [-0.05, 0) is 96.3 Å². The van der Waals surface area contributed by atoms with Crippen LogP contribution in [0.1, 0.15) is 309 Å². The van der Waals surface area contributed by atoms with Gasteiger partial charge in [-0.3, -0.25) is 9.59 Å². The largest absolute Gasteiger partial charge is 0.462 e. The lowest BCUT2D eigenvalue weighted by molar-refractivity contribution is -0.161. The van der Waals surface area contributed by atoms with Gasteiger partial charge >= 0.3 is 11.9 Å². The first-order valence-electron chi connectivity index (χ1n) is 33.7. The zero-order chi connectivity index (χ0) is 57.6. The predicted molar refractivity (Wildman–Crippen MR) is 352 cm³/mol. The van der Waals surface area contributed by atoms with Crippen LogP contribution in [0.4, 0.5) is 0 Å². The van der Waals surface area contributed by atoms with Gasteiger partial charge in [0.05, 0.1) is 6.61 Å². The van der Waals surface area contributed by atoms with Crippen molar-refractivity contribution in [3.63, 3.8) is 0 Å². The zero-order valence-electron chi connectivity index (χ0n) is 52.3. The summed E-state index contributed by atoms with van der Waals surface area (Å²) in [7, 11) is 0. The van der Waals surface area contributed by atoms with Gasteiger partial charge in [-0.2, -0.15) is 0 Å². The summed E-state index contributed by atoms with van der Waals surface area (Å²) < 4.78 is 10.7. The molecule has 0 spiro atoms. The van der Waals surface area contributed by atoms with Crippen LogP contribution in [-0.2, 0) is 19.1 Å². The van der Waals surface area contributed by atoms with Crippen LogP contribution in [0.15, 0.2) is 134 Å². The maximum atomic E-state index is 12.3. The molecule has 0 aromatic rings. The summed E-state index contributed by atoms with van der Waals surface area (Å²) in [6, 6.07) is 0. The Hall–Kier alpha value is -3.96. The molecule has 0 aromatic heterocycles. The molecule has 0 amide bonds. The Labute approximate surface area is 496 Å². The number of carbonyl (C=O) groups excluding carboxylic acids is 2. The fraction of sp³-hybridized carbons (Fsp3) is 0.680. The van der Waals surface area contributed by atoms with E-state index in [0.29, 0.717) is 12.8 Å². The Bertz CT molecular complexity index is 1630. The Morgan fingerprint density at radius 3 is 0.812 bits per heavy atom. The number of ether oxygens (including phenoxy) is 2. The molecule has 0 fully saturated rings. The van der Waals surface area contributed by atoms with Gasteiger partial charge in [-0.25, -0.2) is 0 Å². The fourth-order valence-electron chi connectivity index (χ4n) is 9.45. The van der Waals surface area contributed by atoms with Crippen molar-refractivity contribution in [3.8, 4) is 0 Å². The van der Waals surface area contributed by atoms with Crippen molar-refractivity contribution in [2.45, 2.75) is 315 Å². The average Bonchev–Trinajstić information content (AvgIpc) is 3.46. The molecule has 456 valence electrons. The molecule has 0 aliphatic heterocycles. The van der Waals surface area contributed by atoms with Crippen LogP contribution in [-0.4, -0.2) is 36.4 Å². The number of allylic oxidation sites excluding steroid dienone is 22. The van der Waals surface area contributed by atoms with Crippen LogP contribution in [0.3, 0.4) is 0 Å². The van der Waals surface area contributed by atoms with E-state index < -0.39 is 6.10 Å². The standard InChI is InChI=1S/C75H126O5/c1-3-5-7-9-11-13-15-17-19-21-23-25-27-29-31-33-34-35-36-37-38-39-40-42-44-46-48-50-52-54-56-58-60-62-64-66-68-70-75(78)80-73(71-76)72-79-74(77)69-67-65-63-61-59-57-55-53-51-49-47-45-43-41-32-30-28-26-24-22-20-18-16-14-12-10-8-6-4-2/h5,7,11,13,17,19,23,25,29,31,34-35,37-38,40,42,46,48,52,54,58,60,73,76H,3-4,6,8-10,12,14-16,18,20-22,24,26-28,30,32-33,36,39,41,43-45,47,49-51,53,55-57,59,61-72H2,1-2H3/b7-5-,13-11-,19-17-,25-23-,31-29-,35-34-,38-37-,42-40-,48-46-,54-52-,60-58-. The first-order chi connectivity index (χ1) is 39.6.